The van der Waals surface area contributed by atoms with Crippen LogP contribution in [0.3, 0.4) is 0 Å². The molecule has 4 nitrogen and oxygen atoms in total. The molecule has 0 saturated carbocycles. The van der Waals surface area contributed by atoms with Crippen LogP contribution in [0.4, 0.5) is 0 Å². The van der Waals surface area contributed by atoms with Crippen LogP contribution in [0, 0.1) is 0 Å². The number of morpholine rings is 1. The molecule has 21 heavy (non-hydrogen) atoms. The fourth-order valence-corrected chi connectivity index (χ4v) is 4.15. The van der Waals surface area contributed by atoms with Gasteiger partial charge in [0.2, 0.25) is 0 Å². The lowest BCUT2D eigenvalue weighted by Gasteiger charge is -2.36. The third-order valence-electron chi connectivity index (χ3n) is 5.59. The minimum absolute atomic E-state index is 0.406. The predicted molar refractivity (Wildman–Crippen MR) is 86.7 cm³/mol. The molecule has 0 spiro atoms. The molecule has 0 amide bonds. The number of nitrogens with zero attached hydrogens (tertiary/aromatic N) is 2. The van der Waals surface area contributed by atoms with Gasteiger partial charge in [0.1, 0.15) is 0 Å². The summed E-state index contributed by atoms with van der Waals surface area (Å²) in [5.41, 5.74) is 0. The average molecular weight is 295 g/mol. The van der Waals surface area contributed by atoms with E-state index in [-0.39, 0.29) is 0 Å². The Morgan fingerprint density at radius 1 is 1.10 bits per heavy atom. The van der Waals surface area contributed by atoms with Crippen molar-refractivity contribution >= 4 is 0 Å². The molecule has 3 atom stereocenters. The summed E-state index contributed by atoms with van der Waals surface area (Å²) in [4.78, 5) is 5.26. The maximum absolute atomic E-state index is 6.06. The van der Waals surface area contributed by atoms with Gasteiger partial charge in [0.05, 0.1) is 12.7 Å². The van der Waals surface area contributed by atoms with Crippen LogP contribution in [-0.4, -0.2) is 73.4 Å². The van der Waals surface area contributed by atoms with Gasteiger partial charge in [-0.1, -0.05) is 0 Å². The van der Waals surface area contributed by atoms with Crippen LogP contribution >= 0.6 is 0 Å². The van der Waals surface area contributed by atoms with Gasteiger partial charge in [-0.25, -0.2) is 0 Å². The molecule has 0 bridgehead atoms. The number of likely N-dealkylation sites (tertiary alicyclic amines) is 1. The summed E-state index contributed by atoms with van der Waals surface area (Å²) < 4.78 is 6.06. The second-order valence-electron chi connectivity index (χ2n) is 7.41. The second-order valence-corrected chi connectivity index (χ2v) is 7.41. The fourth-order valence-electron chi connectivity index (χ4n) is 4.15. The van der Waals surface area contributed by atoms with Crippen molar-refractivity contribution < 1.29 is 4.74 Å². The van der Waals surface area contributed by atoms with Gasteiger partial charge < -0.3 is 15.0 Å². The maximum atomic E-state index is 6.06. The smallest absolute Gasteiger partial charge is 0.0827 e. The van der Waals surface area contributed by atoms with Gasteiger partial charge in [-0.3, -0.25) is 4.90 Å². The largest absolute Gasteiger partial charge is 0.374 e. The van der Waals surface area contributed by atoms with E-state index >= 15 is 0 Å². The summed E-state index contributed by atoms with van der Waals surface area (Å²) in [6.45, 7) is 11.6. The van der Waals surface area contributed by atoms with Crippen molar-refractivity contribution in [3.05, 3.63) is 0 Å². The Morgan fingerprint density at radius 2 is 1.95 bits per heavy atom. The third kappa shape index (κ3) is 4.19. The molecule has 3 heterocycles. The van der Waals surface area contributed by atoms with Crippen molar-refractivity contribution in [3.63, 3.8) is 0 Å². The van der Waals surface area contributed by atoms with Crippen molar-refractivity contribution in [2.45, 2.75) is 70.2 Å². The van der Waals surface area contributed by atoms with E-state index < -0.39 is 0 Å². The molecule has 0 aromatic carbocycles. The first-order valence-corrected chi connectivity index (χ1v) is 9.05. The lowest BCUT2D eigenvalue weighted by atomic mass is 10.1. The summed E-state index contributed by atoms with van der Waals surface area (Å²) in [7, 11) is 0. The Balaban J connectivity index is 1.39. The molecule has 0 aromatic rings. The van der Waals surface area contributed by atoms with E-state index in [0.717, 1.165) is 25.7 Å². The Bertz CT molecular complexity index is 323. The van der Waals surface area contributed by atoms with Gasteiger partial charge in [0.15, 0.2) is 0 Å². The van der Waals surface area contributed by atoms with Gasteiger partial charge in [-0.05, 0) is 65.6 Å². The summed E-state index contributed by atoms with van der Waals surface area (Å²) in [6.07, 6.45) is 7.05. The zero-order valence-electron chi connectivity index (χ0n) is 13.9. The summed E-state index contributed by atoms with van der Waals surface area (Å²) in [5, 5.41) is 3.79. The Labute approximate surface area is 130 Å². The number of rotatable bonds is 4. The maximum Gasteiger partial charge on any atom is 0.0827 e. The van der Waals surface area contributed by atoms with E-state index in [9.17, 15) is 0 Å². The molecule has 3 rings (SSSR count). The molecule has 3 saturated heterocycles. The molecule has 3 aliphatic rings. The van der Waals surface area contributed by atoms with Crippen molar-refractivity contribution in [2.24, 2.45) is 0 Å². The zero-order valence-corrected chi connectivity index (χ0v) is 13.9. The number of hydrogen-bond donors (Lipinski definition) is 1. The Kier molecular flexibility index (Phi) is 5.54. The minimum Gasteiger partial charge on any atom is -0.374 e. The first kappa shape index (κ1) is 15.7. The fraction of sp³-hybridized carbons (Fsp3) is 1.00. The first-order chi connectivity index (χ1) is 10.2. The lowest BCUT2D eigenvalue weighted by Crippen LogP contribution is -2.50. The molecule has 3 unspecified atom stereocenters. The van der Waals surface area contributed by atoms with Crippen LogP contribution in [0.2, 0.25) is 0 Å². The van der Waals surface area contributed by atoms with Crippen molar-refractivity contribution in [1.29, 1.82) is 0 Å². The number of hydrogen-bond acceptors (Lipinski definition) is 4. The number of nitrogens with one attached hydrogen (secondary N) is 1. The van der Waals surface area contributed by atoms with E-state index in [0.29, 0.717) is 18.2 Å². The quantitative estimate of drug-likeness (QED) is 0.854. The highest BCUT2D eigenvalue weighted by molar-refractivity contribution is 4.87. The highest BCUT2D eigenvalue weighted by atomic mass is 16.5. The van der Waals surface area contributed by atoms with E-state index in [1.807, 2.05) is 0 Å². The van der Waals surface area contributed by atoms with Crippen molar-refractivity contribution in [2.75, 3.05) is 39.3 Å². The molecular formula is C17H33N3O. The second kappa shape index (κ2) is 7.40. The standard InChI is InChI=1S/C17H33N3O/c1-14(2)19-8-3-5-15(7-10-19)18-11-17-12-20-9-4-6-16(20)13-21-17/h14-18H,3-13H2,1-2H3. The van der Waals surface area contributed by atoms with E-state index in [1.54, 1.807) is 0 Å². The molecule has 0 aliphatic carbocycles. The average Bonchev–Trinajstić information content (AvgIpc) is 2.80. The van der Waals surface area contributed by atoms with Crippen LogP contribution in [0.25, 0.3) is 0 Å². The zero-order chi connectivity index (χ0) is 14.7. The molecule has 1 N–H and O–H groups in total. The SMILES string of the molecule is CC(C)N1CCCC(NCC2CN3CCCC3CO2)CC1. The molecule has 3 aliphatic heterocycles. The topological polar surface area (TPSA) is 27.7 Å². The van der Waals surface area contributed by atoms with Crippen molar-refractivity contribution in [1.82, 2.24) is 15.1 Å². The Hall–Kier alpha value is -0.160. The van der Waals surface area contributed by atoms with Gasteiger partial charge in [-0.15, -0.1) is 0 Å². The Morgan fingerprint density at radius 3 is 2.81 bits per heavy atom. The van der Waals surface area contributed by atoms with Crippen LogP contribution in [-0.2, 0) is 4.74 Å². The van der Waals surface area contributed by atoms with Crippen LogP contribution in [0.1, 0.15) is 46.0 Å². The molecular weight excluding hydrogens is 262 g/mol. The number of fused-ring (bicyclic) bond motifs is 1. The summed E-state index contributed by atoms with van der Waals surface area (Å²) >= 11 is 0. The molecule has 122 valence electrons. The predicted octanol–water partition coefficient (Wildman–Crippen LogP) is 1.70. The van der Waals surface area contributed by atoms with Gasteiger partial charge in [0, 0.05) is 31.2 Å². The van der Waals surface area contributed by atoms with E-state index in [4.69, 9.17) is 4.74 Å². The first-order valence-electron chi connectivity index (χ1n) is 9.05. The molecule has 0 radical (unpaired) electrons. The summed E-state index contributed by atoms with van der Waals surface area (Å²) in [6, 6.07) is 2.10. The van der Waals surface area contributed by atoms with E-state index in [1.165, 1.54) is 51.7 Å². The highest BCUT2D eigenvalue weighted by Crippen LogP contribution is 2.22. The van der Waals surface area contributed by atoms with Crippen LogP contribution in [0.15, 0.2) is 0 Å². The van der Waals surface area contributed by atoms with Crippen molar-refractivity contribution in [3.8, 4) is 0 Å². The van der Waals surface area contributed by atoms with Gasteiger partial charge >= 0.3 is 0 Å². The van der Waals surface area contributed by atoms with Crippen LogP contribution in [0.5, 0.6) is 0 Å². The monoisotopic (exact) mass is 295 g/mol. The van der Waals surface area contributed by atoms with Crippen LogP contribution < -0.4 is 5.32 Å². The highest BCUT2D eigenvalue weighted by Gasteiger charge is 2.32. The molecule has 4 heteroatoms. The van der Waals surface area contributed by atoms with Gasteiger partial charge in [-0.2, -0.15) is 0 Å². The van der Waals surface area contributed by atoms with E-state index in [2.05, 4.69) is 29.0 Å². The lowest BCUT2D eigenvalue weighted by molar-refractivity contribution is -0.0479. The number of ether oxygens (including phenoxy) is 1. The van der Waals surface area contributed by atoms with Gasteiger partial charge in [0.25, 0.3) is 0 Å². The normalized spacial score (nSPS) is 35.9. The third-order valence-corrected chi connectivity index (χ3v) is 5.59. The minimum atomic E-state index is 0.406. The molecule has 3 fully saturated rings. The molecule has 0 aromatic heterocycles. The summed E-state index contributed by atoms with van der Waals surface area (Å²) in [5.74, 6) is 0.